The smallest absolute Gasteiger partial charge is 0.248 e. The minimum atomic E-state index is -0.373. The highest BCUT2D eigenvalue weighted by atomic mass is 16.5. The van der Waals surface area contributed by atoms with Gasteiger partial charge >= 0.3 is 0 Å². The van der Waals surface area contributed by atoms with Gasteiger partial charge in [-0.15, -0.1) is 0 Å². The van der Waals surface area contributed by atoms with Crippen LogP contribution in [0.1, 0.15) is 39.5 Å². The van der Waals surface area contributed by atoms with Crippen LogP contribution in [-0.4, -0.2) is 47.8 Å². The molecule has 0 aromatic rings. The molecule has 1 saturated carbocycles. The molecule has 0 aromatic carbocycles. The fourth-order valence-corrected chi connectivity index (χ4v) is 2.07. The van der Waals surface area contributed by atoms with Crippen LogP contribution in [0, 0.1) is 0 Å². The summed E-state index contributed by atoms with van der Waals surface area (Å²) in [6.07, 6.45) is 3.53. The molecule has 0 bridgehead atoms. The molecule has 1 fully saturated rings. The number of nitrogens with zero attached hydrogens (tertiary/aromatic N) is 1. The Balaban J connectivity index is 2.42. The van der Waals surface area contributed by atoms with Gasteiger partial charge in [0.25, 0.3) is 0 Å². The second-order valence-corrected chi connectivity index (χ2v) is 4.78. The summed E-state index contributed by atoms with van der Waals surface area (Å²) in [4.78, 5) is 13.4. The lowest BCUT2D eigenvalue weighted by Gasteiger charge is -2.35. The molecular weight excluding hydrogens is 206 g/mol. The van der Waals surface area contributed by atoms with Crippen LogP contribution in [0.25, 0.3) is 0 Å². The number of ether oxygens (including phenoxy) is 1. The van der Waals surface area contributed by atoms with Crippen molar-refractivity contribution in [1.82, 2.24) is 4.90 Å². The van der Waals surface area contributed by atoms with E-state index in [0.717, 1.165) is 25.7 Å². The van der Waals surface area contributed by atoms with E-state index in [2.05, 4.69) is 0 Å². The van der Waals surface area contributed by atoms with E-state index in [1.165, 1.54) is 0 Å². The van der Waals surface area contributed by atoms with Crippen molar-refractivity contribution in [2.24, 2.45) is 0 Å². The number of rotatable bonds is 4. The second kappa shape index (κ2) is 6.21. The predicted molar refractivity (Wildman–Crippen MR) is 62.1 cm³/mol. The summed E-state index contributed by atoms with van der Waals surface area (Å²) in [5.41, 5.74) is 0. The Hall–Kier alpha value is -0.610. The molecule has 1 rings (SSSR count). The lowest BCUT2D eigenvalue weighted by Crippen LogP contribution is -2.47. The van der Waals surface area contributed by atoms with Crippen molar-refractivity contribution < 1.29 is 14.6 Å². The summed E-state index contributed by atoms with van der Waals surface area (Å²) in [7, 11) is 1.76. The molecule has 1 N–H and O–H groups in total. The molecule has 1 aliphatic carbocycles. The van der Waals surface area contributed by atoms with E-state index in [0.29, 0.717) is 0 Å². The molecule has 0 heterocycles. The molecule has 1 amide bonds. The Morgan fingerprint density at radius 2 is 2.06 bits per heavy atom. The maximum atomic E-state index is 11.8. The molecule has 2 unspecified atom stereocenters. The van der Waals surface area contributed by atoms with Crippen LogP contribution in [0.4, 0.5) is 0 Å². The molecule has 4 nitrogen and oxygen atoms in total. The lowest BCUT2D eigenvalue weighted by atomic mass is 9.91. The summed E-state index contributed by atoms with van der Waals surface area (Å²) in [5.74, 6) is -0.0420. The topological polar surface area (TPSA) is 49.8 Å². The maximum absolute atomic E-state index is 11.8. The molecule has 0 saturated heterocycles. The molecule has 16 heavy (non-hydrogen) atoms. The fourth-order valence-electron chi connectivity index (χ4n) is 2.07. The van der Waals surface area contributed by atoms with E-state index in [1.807, 2.05) is 13.8 Å². The zero-order chi connectivity index (χ0) is 12.1. The number of likely N-dealkylation sites (N-methyl/N-ethyl adjacent to an activating group) is 1. The Morgan fingerprint density at radius 1 is 1.44 bits per heavy atom. The number of aliphatic hydroxyl groups is 1. The third-order valence-electron chi connectivity index (χ3n) is 3.12. The summed E-state index contributed by atoms with van der Waals surface area (Å²) >= 11 is 0. The fraction of sp³-hybridized carbons (Fsp3) is 0.917. The van der Waals surface area contributed by atoms with Gasteiger partial charge in [0.15, 0.2) is 0 Å². The molecule has 2 atom stereocenters. The van der Waals surface area contributed by atoms with Crippen molar-refractivity contribution in [3.05, 3.63) is 0 Å². The highest BCUT2D eigenvalue weighted by Gasteiger charge is 2.29. The van der Waals surface area contributed by atoms with Gasteiger partial charge in [-0.1, -0.05) is 12.8 Å². The Morgan fingerprint density at radius 3 is 2.62 bits per heavy atom. The van der Waals surface area contributed by atoms with Gasteiger partial charge in [0.1, 0.15) is 6.61 Å². The van der Waals surface area contributed by atoms with Crippen LogP contribution in [-0.2, 0) is 9.53 Å². The van der Waals surface area contributed by atoms with E-state index in [9.17, 15) is 9.90 Å². The molecule has 94 valence electrons. The van der Waals surface area contributed by atoms with Gasteiger partial charge in [-0.3, -0.25) is 4.79 Å². The first kappa shape index (κ1) is 13.5. The predicted octanol–water partition coefficient (Wildman–Crippen LogP) is 1.17. The van der Waals surface area contributed by atoms with Crippen LogP contribution >= 0.6 is 0 Å². The highest BCUT2D eigenvalue weighted by Crippen LogP contribution is 2.22. The van der Waals surface area contributed by atoms with Gasteiger partial charge in [0.2, 0.25) is 5.91 Å². The van der Waals surface area contributed by atoms with Crippen molar-refractivity contribution in [3.63, 3.8) is 0 Å². The number of hydrogen-bond acceptors (Lipinski definition) is 3. The van der Waals surface area contributed by atoms with Gasteiger partial charge in [-0.05, 0) is 26.7 Å². The number of carbonyl (C=O) groups is 1. The zero-order valence-electron chi connectivity index (χ0n) is 10.5. The average molecular weight is 229 g/mol. The van der Waals surface area contributed by atoms with Crippen molar-refractivity contribution >= 4 is 5.91 Å². The van der Waals surface area contributed by atoms with Crippen molar-refractivity contribution in [2.45, 2.75) is 57.8 Å². The number of carbonyl (C=O) groups excluding carboxylic acids is 1. The van der Waals surface area contributed by atoms with Crippen molar-refractivity contribution in [2.75, 3.05) is 13.7 Å². The largest absolute Gasteiger partial charge is 0.391 e. The Kier molecular flexibility index (Phi) is 5.22. The van der Waals surface area contributed by atoms with Crippen LogP contribution in [0.15, 0.2) is 0 Å². The van der Waals surface area contributed by atoms with Crippen LogP contribution in [0.5, 0.6) is 0 Å². The summed E-state index contributed by atoms with van der Waals surface area (Å²) < 4.78 is 5.28. The maximum Gasteiger partial charge on any atom is 0.248 e. The molecule has 0 aromatic heterocycles. The number of hydrogen-bond donors (Lipinski definition) is 1. The van der Waals surface area contributed by atoms with Gasteiger partial charge < -0.3 is 14.7 Å². The van der Waals surface area contributed by atoms with Gasteiger partial charge in [-0.2, -0.15) is 0 Å². The summed E-state index contributed by atoms with van der Waals surface area (Å²) in [6, 6.07) is -0.0305. The first-order valence-electron chi connectivity index (χ1n) is 6.07. The minimum Gasteiger partial charge on any atom is -0.391 e. The summed E-state index contributed by atoms with van der Waals surface area (Å²) in [5, 5.41) is 9.83. The monoisotopic (exact) mass is 229 g/mol. The van der Waals surface area contributed by atoms with Gasteiger partial charge in [0.05, 0.1) is 18.2 Å². The van der Waals surface area contributed by atoms with E-state index >= 15 is 0 Å². The van der Waals surface area contributed by atoms with Crippen LogP contribution in [0.3, 0.4) is 0 Å². The second-order valence-electron chi connectivity index (χ2n) is 4.78. The Labute approximate surface area is 97.6 Å². The van der Waals surface area contributed by atoms with E-state index in [4.69, 9.17) is 4.74 Å². The van der Waals surface area contributed by atoms with Crippen molar-refractivity contribution in [1.29, 1.82) is 0 Å². The average Bonchev–Trinajstić information content (AvgIpc) is 2.25. The van der Waals surface area contributed by atoms with E-state index in [-0.39, 0.29) is 30.8 Å². The van der Waals surface area contributed by atoms with Crippen LogP contribution < -0.4 is 0 Å². The molecule has 4 heteroatoms. The summed E-state index contributed by atoms with van der Waals surface area (Å²) in [6.45, 7) is 3.92. The molecule has 0 radical (unpaired) electrons. The molecular formula is C12H23NO3. The zero-order valence-corrected chi connectivity index (χ0v) is 10.5. The minimum absolute atomic E-state index is 0.0305. The quantitative estimate of drug-likeness (QED) is 0.787. The number of aliphatic hydroxyl groups excluding tert-OH is 1. The molecule has 0 aliphatic heterocycles. The van der Waals surface area contributed by atoms with Crippen LogP contribution in [0.2, 0.25) is 0 Å². The third-order valence-corrected chi connectivity index (χ3v) is 3.12. The highest BCUT2D eigenvalue weighted by molar-refractivity contribution is 5.77. The third kappa shape index (κ3) is 3.76. The van der Waals surface area contributed by atoms with E-state index < -0.39 is 0 Å². The number of amides is 1. The van der Waals surface area contributed by atoms with Gasteiger partial charge in [-0.25, -0.2) is 0 Å². The SMILES string of the molecule is CC(C)OCC(=O)N(C)C1CCCCC1O. The normalized spacial score (nSPS) is 25.8. The van der Waals surface area contributed by atoms with E-state index in [1.54, 1.807) is 11.9 Å². The molecule has 0 spiro atoms. The first-order valence-corrected chi connectivity index (χ1v) is 6.07. The Bertz CT molecular complexity index is 230. The van der Waals surface area contributed by atoms with Gasteiger partial charge in [0, 0.05) is 7.05 Å². The first-order chi connectivity index (χ1) is 7.52. The standard InChI is InChI=1S/C12H23NO3/c1-9(2)16-8-12(15)13(3)10-6-4-5-7-11(10)14/h9-11,14H,4-8H2,1-3H3. The van der Waals surface area contributed by atoms with Crippen molar-refractivity contribution in [3.8, 4) is 0 Å². The lowest BCUT2D eigenvalue weighted by molar-refractivity contribution is -0.141. The molecule has 1 aliphatic rings.